The molecule has 23 heavy (non-hydrogen) atoms. The van der Waals surface area contributed by atoms with E-state index in [1.807, 2.05) is 31.2 Å². The fourth-order valence-corrected chi connectivity index (χ4v) is 3.09. The van der Waals surface area contributed by atoms with Gasteiger partial charge in [-0.05, 0) is 36.8 Å². The zero-order chi connectivity index (χ0) is 16.7. The standard InChI is InChI=1S/C17H20N2O3S/c1-13-5-3-8-16(18-13)17(20)19-15-7-4-6-14(11-15)12-23(21)10-9-22-2/h3-8,11H,9-10,12H2,1-2H3,(H,19,20)/t23-/m0/s1. The minimum absolute atomic E-state index is 0.258. The van der Waals surface area contributed by atoms with E-state index in [4.69, 9.17) is 4.74 Å². The summed E-state index contributed by atoms with van der Waals surface area (Å²) in [5.74, 6) is 0.683. The first kappa shape index (κ1) is 17.3. The highest BCUT2D eigenvalue weighted by molar-refractivity contribution is 7.84. The molecule has 0 saturated heterocycles. The number of amides is 1. The smallest absolute Gasteiger partial charge is 0.274 e. The van der Waals surface area contributed by atoms with Crippen molar-refractivity contribution in [3.05, 3.63) is 59.4 Å². The number of methoxy groups -OCH3 is 1. The number of nitrogens with zero attached hydrogens (tertiary/aromatic N) is 1. The van der Waals surface area contributed by atoms with E-state index < -0.39 is 10.8 Å². The molecule has 0 radical (unpaired) electrons. The Labute approximate surface area is 138 Å². The van der Waals surface area contributed by atoms with Crippen LogP contribution >= 0.6 is 0 Å². The third-order valence-corrected chi connectivity index (χ3v) is 4.43. The van der Waals surface area contributed by atoms with E-state index in [0.717, 1.165) is 11.3 Å². The van der Waals surface area contributed by atoms with Crippen LogP contribution in [-0.4, -0.2) is 34.6 Å². The minimum atomic E-state index is -0.981. The zero-order valence-electron chi connectivity index (χ0n) is 13.2. The Morgan fingerprint density at radius 3 is 2.78 bits per heavy atom. The van der Waals surface area contributed by atoms with Gasteiger partial charge in [-0.25, -0.2) is 4.98 Å². The lowest BCUT2D eigenvalue weighted by molar-refractivity contribution is 0.102. The minimum Gasteiger partial charge on any atom is -0.384 e. The molecule has 1 atom stereocenters. The van der Waals surface area contributed by atoms with Gasteiger partial charge in [0.15, 0.2) is 0 Å². The van der Waals surface area contributed by atoms with E-state index in [2.05, 4.69) is 10.3 Å². The number of aryl methyl sites for hydroxylation is 1. The molecule has 6 heteroatoms. The number of carbonyl (C=O) groups excluding carboxylic acids is 1. The molecule has 122 valence electrons. The molecule has 1 amide bonds. The highest BCUT2D eigenvalue weighted by Crippen LogP contribution is 2.14. The Morgan fingerprint density at radius 1 is 1.26 bits per heavy atom. The van der Waals surface area contributed by atoms with Crippen molar-refractivity contribution in [2.24, 2.45) is 0 Å². The quantitative estimate of drug-likeness (QED) is 0.846. The Bertz CT molecular complexity index is 704. The first-order valence-electron chi connectivity index (χ1n) is 7.26. The number of carbonyl (C=O) groups is 1. The highest BCUT2D eigenvalue weighted by atomic mass is 32.2. The molecule has 0 unspecified atom stereocenters. The molecule has 5 nitrogen and oxygen atoms in total. The summed E-state index contributed by atoms with van der Waals surface area (Å²) >= 11 is 0. The van der Waals surface area contributed by atoms with Crippen LogP contribution in [0.2, 0.25) is 0 Å². The van der Waals surface area contributed by atoms with Crippen LogP contribution in [0, 0.1) is 6.92 Å². The van der Waals surface area contributed by atoms with Crippen LogP contribution in [0.4, 0.5) is 5.69 Å². The van der Waals surface area contributed by atoms with Crippen LogP contribution in [-0.2, 0) is 21.3 Å². The van der Waals surface area contributed by atoms with Crippen molar-refractivity contribution >= 4 is 22.4 Å². The molecular weight excluding hydrogens is 312 g/mol. The Hall–Kier alpha value is -2.05. The number of rotatable bonds is 7. The molecular formula is C17H20N2O3S. The van der Waals surface area contributed by atoms with Crippen molar-refractivity contribution in [2.75, 3.05) is 24.8 Å². The summed E-state index contributed by atoms with van der Waals surface area (Å²) in [5.41, 5.74) is 2.74. The predicted molar refractivity (Wildman–Crippen MR) is 92.0 cm³/mol. The van der Waals surface area contributed by atoms with Crippen LogP contribution in [0.25, 0.3) is 0 Å². The second-order valence-corrected chi connectivity index (χ2v) is 6.68. The number of anilines is 1. The first-order chi connectivity index (χ1) is 11.1. The summed E-state index contributed by atoms with van der Waals surface area (Å²) in [4.78, 5) is 16.4. The summed E-state index contributed by atoms with van der Waals surface area (Å²) in [5, 5.41) is 2.82. The number of hydrogen-bond acceptors (Lipinski definition) is 4. The molecule has 0 aliphatic heterocycles. The molecule has 0 spiro atoms. The molecule has 1 N–H and O–H groups in total. The van der Waals surface area contributed by atoms with Gasteiger partial charge in [0.2, 0.25) is 0 Å². The van der Waals surface area contributed by atoms with Crippen molar-refractivity contribution in [2.45, 2.75) is 12.7 Å². The molecule has 0 saturated carbocycles. The largest absolute Gasteiger partial charge is 0.384 e. The van der Waals surface area contributed by atoms with Gasteiger partial charge in [0.05, 0.1) is 6.61 Å². The van der Waals surface area contributed by atoms with E-state index >= 15 is 0 Å². The average Bonchev–Trinajstić information content (AvgIpc) is 2.53. The van der Waals surface area contributed by atoms with E-state index in [1.165, 1.54) is 0 Å². The Balaban J connectivity index is 2.02. The first-order valence-corrected chi connectivity index (χ1v) is 8.75. The summed E-state index contributed by atoms with van der Waals surface area (Å²) in [7, 11) is 0.609. The van der Waals surface area contributed by atoms with Gasteiger partial charge in [0.25, 0.3) is 5.91 Å². The average molecular weight is 332 g/mol. The van der Waals surface area contributed by atoms with Crippen LogP contribution in [0.15, 0.2) is 42.5 Å². The fourth-order valence-electron chi connectivity index (χ4n) is 2.04. The highest BCUT2D eigenvalue weighted by Gasteiger charge is 2.09. The van der Waals surface area contributed by atoms with Gasteiger partial charge in [-0.15, -0.1) is 0 Å². The van der Waals surface area contributed by atoms with E-state index in [0.29, 0.717) is 29.5 Å². The third-order valence-electron chi connectivity index (χ3n) is 3.15. The lowest BCUT2D eigenvalue weighted by Crippen LogP contribution is -2.14. The van der Waals surface area contributed by atoms with Crippen molar-refractivity contribution in [1.82, 2.24) is 4.98 Å². The van der Waals surface area contributed by atoms with E-state index in [9.17, 15) is 9.00 Å². The summed E-state index contributed by atoms with van der Waals surface area (Å²) < 4.78 is 16.8. The predicted octanol–water partition coefficient (Wildman–Crippen LogP) is 2.54. The normalized spacial score (nSPS) is 11.9. The molecule has 0 aliphatic rings. The molecule has 1 aromatic heterocycles. The van der Waals surface area contributed by atoms with Crippen molar-refractivity contribution in [3.63, 3.8) is 0 Å². The number of ether oxygens (including phenoxy) is 1. The Morgan fingerprint density at radius 2 is 2.04 bits per heavy atom. The van der Waals surface area contributed by atoms with Crippen molar-refractivity contribution in [3.8, 4) is 0 Å². The van der Waals surface area contributed by atoms with E-state index in [-0.39, 0.29) is 5.91 Å². The summed E-state index contributed by atoms with van der Waals surface area (Å²) in [6.07, 6.45) is 0. The maximum Gasteiger partial charge on any atom is 0.274 e. The number of pyridine rings is 1. The van der Waals surface area contributed by atoms with E-state index in [1.54, 1.807) is 25.3 Å². The second-order valence-electron chi connectivity index (χ2n) is 5.10. The van der Waals surface area contributed by atoms with Gasteiger partial charge in [-0.2, -0.15) is 0 Å². The Kier molecular flexibility index (Phi) is 6.43. The number of nitrogens with one attached hydrogen (secondary N) is 1. The molecule has 0 fully saturated rings. The monoisotopic (exact) mass is 332 g/mol. The SMILES string of the molecule is COCC[S@](=O)Cc1cccc(NC(=O)c2cccc(C)n2)c1. The molecule has 1 aromatic carbocycles. The van der Waals surface area contributed by atoms with Crippen LogP contribution < -0.4 is 5.32 Å². The fraction of sp³-hybridized carbons (Fsp3) is 0.294. The van der Waals surface area contributed by atoms with Gasteiger partial charge >= 0.3 is 0 Å². The number of aromatic nitrogens is 1. The molecule has 2 rings (SSSR count). The third kappa shape index (κ3) is 5.58. The van der Waals surface area contributed by atoms with Gasteiger partial charge in [0, 0.05) is 40.8 Å². The molecule has 1 heterocycles. The van der Waals surface area contributed by atoms with Gasteiger partial charge in [-0.3, -0.25) is 9.00 Å². The maximum atomic E-state index is 12.2. The van der Waals surface area contributed by atoms with Gasteiger partial charge in [-0.1, -0.05) is 18.2 Å². The zero-order valence-corrected chi connectivity index (χ0v) is 14.1. The topological polar surface area (TPSA) is 68.3 Å². The summed E-state index contributed by atoms with van der Waals surface area (Å²) in [6, 6.07) is 12.7. The van der Waals surface area contributed by atoms with Crippen LogP contribution in [0.3, 0.4) is 0 Å². The lowest BCUT2D eigenvalue weighted by Gasteiger charge is -2.08. The second kappa shape index (κ2) is 8.55. The van der Waals surface area contributed by atoms with Crippen molar-refractivity contribution < 1.29 is 13.7 Å². The van der Waals surface area contributed by atoms with Crippen LogP contribution in [0.1, 0.15) is 21.7 Å². The molecule has 2 aromatic rings. The molecule has 0 aliphatic carbocycles. The van der Waals surface area contributed by atoms with Crippen LogP contribution in [0.5, 0.6) is 0 Å². The number of hydrogen-bond donors (Lipinski definition) is 1. The van der Waals surface area contributed by atoms with Crippen molar-refractivity contribution in [1.29, 1.82) is 0 Å². The maximum absolute atomic E-state index is 12.2. The summed E-state index contributed by atoms with van der Waals surface area (Å²) in [6.45, 7) is 2.31. The van der Waals surface area contributed by atoms with Gasteiger partial charge in [0.1, 0.15) is 5.69 Å². The lowest BCUT2D eigenvalue weighted by atomic mass is 10.2. The molecule has 0 bridgehead atoms. The van der Waals surface area contributed by atoms with Gasteiger partial charge < -0.3 is 10.1 Å². The number of benzene rings is 1.